The summed E-state index contributed by atoms with van der Waals surface area (Å²) >= 11 is 0. The number of nitrogens with one attached hydrogen (secondary N) is 1. The van der Waals surface area contributed by atoms with Crippen LogP contribution in [0.4, 0.5) is 19.0 Å². The number of likely N-dealkylation sites (N-methyl/N-ethyl adjacent to an activating group) is 1. The van der Waals surface area contributed by atoms with Gasteiger partial charge in [-0.25, -0.2) is 4.68 Å². The molecule has 2 aromatic rings. The number of aromatic nitrogens is 2. The van der Waals surface area contributed by atoms with Crippen molar-refractivity contribution in [1.29, 1.82) is 0 Å². The first kappa shape index (κ1) is 31.7. The molecule has 3 heterocycles. The molecule has 2 fully saturated rings. The Morgan fingerprint density at radius 1 is 1.14 bits per heavy atom. The molecule has 2 amide bonds. The zero-order chi connectivity index (χ0) is 31.3. The number of ether oxygens (including phenoxy) is 1. The first-order valence-corrected chi connectivity index (χ1v) is 18.2. The van der Waals surface area contributed by atoms with E-state index in [0.717, 1.165) is 54.9 Å². The van der Waals surface area contributed by atoms with Gasteiger partial charge in [-0.15, -0.1) is 0 Å². The second kappa shape index (κ2) is 11.7. The molecule has 1 N–H and O–H groups in total. The molecule has 0 bridgehead atoms. The first-order chi connectivity index (χ1) is 20.1. The molecular formula is C31H43F3N4O4Si. The molecule has 1 aromatic heterocycles. The van der Waals surface area contributed by atoms with E-state index in [0.29, 0.717) is 19.8 Å². The molecule has 2 atom stereocenters. The highest BCUT2D eigenvalue weighted by molar-refractivity contribution is 6.74. The Kier molecular flexibility index (Phi) is 8.60. The predicted molar refractivity (Wildman–Crippen MR) is 159 cm³/mol. The minimum Gasteiger partial charge on any atom is -0.411 e. The van der Waals surface area contributed by atoms with Gasteiger partial charge in [0.1, 0.15) is 11.9 Å². The van der Waals surface area contributed by atoms with Gasteiger partial charge in [0.2, 0.25) is 0 Å². The third-order valence-corrected chi connectivity index (χ3v) is 14.1. The second-order valence-electron chi connectivity index (χ2n) is 13.5. The van der Waals surface area contributed by atoms with E-state index in [-0.39, 0.29) is 41.0 Å². The van der Waals surface area contributed by atoms with Crippen molar-refractivity contribution in [3.8, 4) is 0 Å². The topological polar surface area (TPSA) is 85.7 Å². The second-order valence-corrected chi connectivity index (χ2v) is 18.3. The number of benzene rings is 1. The van der Waals surface area contributed by atoms with E-state index in [9.17, 15) is 22.8 Å². The van der Waals surface area contributed by atoms with E-state index < -0.39 is 32.0 Å². The van der Waals surface area contributed by atoms with Crippen LogP contribution in [0.1, 0.15) is 92.5 Å². The number of anilines is 1. The number of nitrogens with zero attached hydrogens (tertiary/aromatic N) is 3. The summed E-state index contributed by atoms with van der Waals surface area (Å²) in [5.74, 6) is -0.420. The maximum Gasteiger partial charge on any atom is 0.416 e. The van der Waals surface area contributed by atoms with E-state index in [1.54, 1.807) is 4.90 Å². The summed E-state index contributed by atoms with van der Waals surface area (Å²) in [7, 11) is -2.16. The Bertz CT molecular complexity index is 1360. The van der Waals surface area contributed by atoms with Crippen LogP contribution in [0, 0.1) is 5.92 Å². The Labute approximate surface area is 252 Å². The van der Waals surface area contributed by atoms with Crippen molar-refractivity contribution in [2.75, 3.05) is 24.7 Å². The monoisotopic (exact) mass is 620 g/mol. The molecule has 236 valence electrons. The number of carbonyl (C=O) groups excluding carboxylic acids is 2. The van der Waals surface area contributed by atoms with Crippen LogP contribution in [0.25, 0.3) is 0 Å². The average molecular weight is 621 g/mol. The molecule has 1 saturated heterocycles. The van der Waals surface area contributed by atoms with Crippen molar-refractivity contribution in [3.05, 3.63) is 46.6 Å². The van der Waals surface area contributed by atoms with Gasteiger partial charge in [-0.3, -0.25) is 14.5 Å². The minimum atomic E-state index is -4.58. The van der Waals surface area contributed by atoms with E-state index in [2.05, 4.69) is 39.2 Å². The molecular weight excluding hydrogens is 577 g/mol. The Morgan fingerprint density at radius 2 is 1.81 bits per heavy atom. The van der Waals surface area contributed by atoms with Gasteiger partial charge >= 0.3 is 6.18 Å². The van der Waals surface area contributed by atoms with Gasteiger partial charge in [0.25, 0.3) is 11.8 Å². The average Bonchev–Trinajstić information content (AvgIpc) is 3.72. The fourth-order valence-electron chi connectivity index (χ4n) is 5.92. The summed E-state index contributed by atoms with van der Waals surface area (Å²) in [5.41, 5.74) is 0.649. The molecule has 43 heavy (non-hydrogen) atoms. The molecule has 12 heteroatoms. The lowest BCUT2D eigenvalue weighted by Gasteiger charge is -2.40. The number of fused-ring (bicyclic) bond motifs is 1. The third-order valence-electron chi connectivity index (χ3n) is 9.57. The van der Waals surface area contributed by atoms with Gasteiger partial charge < -0.3 is 14.5 Å². The lowest BCUT2D eigenvalue weighted by molar-refractivity contribution is -0.137. The zero-order valence-electron chi connectivity index (χ0n) is 25.9. The molecule has 8 nitrogen and oxygen atoms in total. The first-order valence-electron chi connectivity index (χ1n) is 15.3. The van der Waals surface area contributed by atoms with Gasteiger partial charge in [-0.05, 0) is 74.9 Å². The fraction of sp³-hybridized carbons (Fsp3) is 0.645. The van der Waals surface area contributed by atoms with E-state index in [4.69, 9.17) is 14.3 Å². The van der Waals surface area contributed by atoms with E-state index >= 15 is 0 Å². The van der Waals surface area contributed by atoms with Gasteiger partial charge in [0.15, 0.2) is 8.32 Å². The maximum absolute atomic E-state index is 14.2. The van der Waals surface area contributed by atoms with Crippen LogP contribution >= 0.6 is 0 Å². The van der Waals surface area contributed by atoms with Crippen LogP contribution in [0.2, 0.25) is 18.1 Å². The minimum absolute atomic E-state index is 0.0148. The van der Waals surface area contributed by atoms with Crippen molar-refractivity contribution in [3.63, 3.8) is 0 Å². The van der Waals surface area contributed by atoms with Gasteiger partial charge in [-0.1, -0.05) is 26.8 Å². The largest absolute Gasteiger partial charge is 0.416 e. The van der Waals surface area contributed by atoms with Crippen molar-refractivity contribution in [2.24, 2.45) is 5.92 Å². The van der Waals surface area contributed by atoms with Crippen LogP contribution in [0.5, 0.6) is 0 Å². The molecule has 1 saturated carbocycles. The Hall–Kier alpha value is -2.70. The summed E-state index contributed by atoms with van der Waals surface area (Å²) in [6.45, 7) is 14.7. The quantitative estimate of drug-likeness (QED) is 0.344. The number of alkyl halides is 3. The highest BCUT2D eigenvalue weighted by atomic mass is 28.4. The number of hydrogen-bond acceptors (Lipinski definition) is 5. The zero-order valence-corrected chi connectivity index (χ0v) is 26.9. The maximum atomic E-state index is 14.2. The number of rotatable bonds is 8. The van der Waals surface area contributed by atoms with Crippen molar-refractivity contribution in [1.82, 2.24) is 15.1 Å². The summed E-state index contributed by atoms with van der Waals surface area (Å²) in [4.78, 5) is 29.3. The molecule has 0 radical (unpaired) electrons. The molecule has 5 rings (SSSR count). The standard InChI is InChI=1S/C31H43F3N4O4Si/c1-7-37-28-25(23(18-42-43(5,6)30(2,3)4)36-38(28)22-13-15-41-16-14-22)24(19-11-12-19)26(29(37)40)35-27(39)20-9-8-10-21(17-20)31(32,33)34/h8-10,17,19,22,24,26H,7,11-16,18H2,1-6H3,(H,35,39)/t24-,26-/m1/s1. The van der Waals surface area contributed by atoms with Gasteiger partial charge in [0, 0.05) is 36.8 Å². The van der Waals surface area contributed by atoms with Crippen LogP contribution in [-0.2, 0) is 26.7 Å². The smallest absolute Gasteiger partial charge is 0.411 e. The molecule has 0 spiro atoms. The molecule has 3 aliphatic rings. The third kappa shape index (κ3) is 6.28. The number of carbonyl (C=O) groups is 2. The summed E-state index contributed by atoms with van der Waals surface area (Å²) in [6, 6.07) is 3.44. The SMILES string of the molecule is CCN1C(=O)[C@H](NC(=O)c2cccc(C(F)(F)F)c2)[C@H](C2CC2)c2c(CO[Si](C)(C)C(C)(C)C)nn(C3CCOCC3)c21. The normalized spacial score (nSPS) is 22.1. The fourth-order valence-corrected chi connectivity index (χ4v) is 6.86. The Balaban J connectivity index is 1.57. The van der Waals surface area contributed by atoms with E-state index in [1.807, 2.05) is 11.6 Å². The summed E-state index contributed by atoms with van der Waals surface area (Å²) in [6.07, 6.45) is -1.26. The van der Waals surface area contributed by atoms with Crippen LogP contribution in [0.3, 0.4) is 0 Å². The van der Waals surface area contributed by atoms with Crippen molar-refractivity contribution >= 4 is 25.9 Å². The van der Waals surface area contributed by atoms with Crippen LogP contribution in [-0.4, -0.2) is 55.7 Å². The number of amides is 2. The molecule has 1 aromatic carbocycles. The van der Waals surface area contributed by atoms with Crippen LogP contribution in [0.15, 0.2) is 24.3 Å². The molecule has 2 aliphatic heterocycles. The Morgan fingerprint density at radius 3 is 2.40 bits per heavy atom. The van der Waals surface area contributed by atoms with E-state index in [1.165, 1.54) is 12.1 Å². The lowest BCUT2D eigenvalue weighted by Crippen LogP contribution is -2.56. The number of hydrogen-bond donors (Lipinski definition) is 1. The van der Waals surface area contributed by atoms with Crippen molar-refractivity contribution in [2.45, 2.75) is 102 Å². The molecule has 1 aliphatic carbocycles. The lowest BCUT2D eigenvalue weighted by atomic mass is 9.82. The van der Waals surface area contributed by atoms with Gasteiger partial charge in [-0.2, -0.15) is 18.3 Å². The van der Waals surface area contributed by atoms with Gasteiger partial charge in [0.05, 0.1) is 23.9 Å². The summed E-state index contributed by atoms with van der Waals surface area (Å²) < 4.78 is 54.5. The number of halogens is 3. The van der Waals surface area contributed by atoms with Crippen LogP contribution < -0.4 is 10.2 Å². The highest BCUT2D eigenvalue weighted by Crippen LogP contribution is 2.52. The predicted octanol–water partition coefficient (Wildman–Crippen LogP) is 6.43. The highest BCUT2D eigenvalue weighted by Gasteiger charge is 2.51. The summed E-state index contributed by atoms with van der Waals surface area (Å²) in [5, 5.41) is 7.98. The molecule has 0 unspecified atom stereocenters. The van der Waals surface area contributed by atoms with Crippen molar-refractivity contribution < 1.29 is 31.9 Å².